The topological polar surface area (TPSA) is 41.8 Å². The zero-order valence-electron chi connectivity index (χ0n) is 5.77. The Labute approximate surface area is 63.9 Å². The van der Waals surface area contributed by atoms with Gasteiger partial charge >= 0.3 is 0 Å². The molecule has 3 nitrogen and oxygen atoms in total. The minimum atomic E-state index is 0.0544. The van der Waals surface area contributed by atoms with Crippen molar-refractivity contribution in [1.29, 1.82) is 0 Å². The third kappa shape index (κ3) is 0.941. The van der Waals surface area contributed by atoms with Gasteiger partial charge in [0.2, 0.25) is 0 Å². The van der Waals surface area contributed by atoms with Crippen molar-refractivity contribution in [2.45, 2.75) is 6.04 Å². The highest BCUT2D eigenvalue weighted by molar-refractivity contribution is 6.11. The SMILES string of the molecule is O=CC1=CC2=NC=N[C@H]2C=C1. The average molecular weight is 146 g/mol. The number of hydrogen-bond donors (Lipinski definition) is 0. The molecule has 3 heteroatoms. The molecule has 0 fully saturated rings. The van der Waals surface area contributed by atoms with Gasteiger partial charge < -0.3 is 0 Å². The Hall–Kier alpha value is -1.51. The van der Waals surface area contributed by atoms with Gasteiger partial charge in [-0.25, -0.2) is 4.99 Å². The highest BCUT2D eigenvalue weighted by atomic mass is 16.1. The Bertz CT molecular complexity index is 310. The van der Waals surface area contributed by atoms with Gasteiger partial charge in [-0.1, -0.05) is 12.2 Å². The summed E-state index contributed by atoms with van der Waals surface area (Å²) in [5.74, 6) is 0. The number of carbonyl (C=O) groups excluding carboxylic acids is 1. The lowest BCUT2D eigenvalue weighted by atomic mass is 10.0. The van der Waals surface area contributed by atoms with E-state index in [1.54, 1.807) is 12.2 Å². The van der Waals surface area contributed by atoms with Gasteiger partial charge in [-0.3, -0.25) is 9.79 Å². The molecule has 2 rings (SSSR count). The average Bonchev–Trinajstić information content (AvgIpc) is 2.50. The molecule has 0 saturated carbocycles. The van der Waals surface area contributed by atoms with Gasteiger partial charge in [-0.15, -0.1) is 0 Å². The van der Waals surface area contributed by atoms with Crippen molar-refractivity contribution in [3.8, 4) is 0 Å². The quantitative estimate of drug-likeness (QED) is 0.497. The van der Waals surface area contributed by atoms with Crippen LogP contribution in [0.3, 0.4) is 0 Å². The Morgan fingerprint density at radius 3 is 3.27 bits per heavy atom. The molecule has 0 unspecified atom stereocenters. The first-order valence-corrected chi connectivity index (χ1v) is 3.34. The summed E-state index contributed by atoms with van der Waals surface area (Å²) in [4.78, 5) is 18.4. The van der Waals surface area contributed by atoms with Crippen LogP contribution in [0.1, 0.15) is 0 Å². The summed E-state index contributed by atoms with van der Waals surface area (Å²) in [5, 5.41) is 0. The summed E-state index contributed by atoms with van der Waals surface area (Å²) in [7, 11) is 0. The molecular formula is C8H6N2O. The number of carbonyl (C=O) groups is 1. The summed E-state index contributed by atoms with van der Waals surface area (Å²) in [6.07, 6.45) is 7.72. The maximum Gasteiger partial charge on any atom is 0.150 e. The minimum absolute atomic E-state index is 0.0544. The second-order valence-electron chi connectivity index (χ2n) is 2.38. The van der Waals surface area contributed by atoms with Crippen LogP contribution in [-0.2, 0) is 4.79 Å². The monoisotopic (exact) mass is 146 g/mol. The van der Waals surface area contributed by atoms with E-state index in [4.69, 9.17) is 0 Å². The van der Waals surface area contributed by atoms with Gasteiger partial charge in [0.1, 0.15) is 18.7 Å². The molecule has 0 amide bonds. The van der Waals surface area contributed by atoms with Crippen LogP contribution in [-0.4, -0.2) is 24.4 Å². The van der Waals surface area contributed by atoms with E-state index in [2.05, 4.69) is 9.98 Å². The van der Waals surface area contributed by atoms with Crippen LogP contribution in [0.4, 0.5) is 0 Å². The van der Waals surface area contributed by atoms with Crippen molar-refractivity contribution in [2.24, 2.45) is 9.98 Å². The lowest BCUT2D eigenvalue weighted by molar-refractivity contribution is -0.104. The number of allylic oxidation sites excluding steroid dienone is 2. The van der Waals surface area contributed by atoms with Crippen molar-refractivity contribution >= 4 is 18.3 Å². The van der Waals surface area contributed by atoms with Crippen molar-refractivity contribution in [2.75, 3.05) is 0 Å². The van der Waals surface area contributed by atoms with E-state index in [-0.39, 0.29) is 6.04 Å². The summed E-state index contributed by atoms with van der Waals surface area (Å²) in [6.45, 7) is 0. The number of nitrogens with zero attached hydrogens (tertiary/aromatic N) is 2. The smallest absolute Gasteiger partial charge is 0.150 e. The van der Waals surface area contributed by atoms with Crippen LogP contribution in [0.15, 0.2) is 33.8 Å². The van der Waals surface area contributed by atoms with E-state index in [0.29, 0.717) is 5.57 Å². The van der Waals surface area contributed by atoms with Crippen LogP contribution in [0.5, 0.6) is 0 Å². The molecular weight excluding hydrogens is 140 g/mol. The lowest BCUT2D eigenvalue weighted by Crippen LogP contribution is -2.13. The molecule has 0 radical (unpaired) electrons. The van der Waals surface area contributed by atoms with Gasteiger partial charge in [0.15, 0.2) is 0 Å². The summed E-state index contributed by atoms with van der Waals surface area (Å²) >= 11 is 0. The number of aliphatic imine (C=N–C) groups is 2. The van der Waals surface area contributed by atoms with E-state index in [9.17, 15) is 4.79 Å². The maximum absolute atomic E-state index is 10.3. The molecule has 0 aromatic carbocycles. The molecule has 11 heavy (non-hydrogen) atoms. The molecule has 0 N–H and O–H groups in total. The standard InChI is InChI=1S/C8H6N2O/c11-4-6-1-2-7-8(3-6)10-5-9-7/h1-5,7H/t7-/m0/s1. The van der Waals surface area contributed by atoms with Crippen molar-refractivity contribution < 1.29 is 4.79 Å². The normalized spacial score (nSPS) is 26.0. The maximum atomic E-state index is 10.3. The molecule has 54 valence electrons. The predicted octanol–water partition coefficient (Wildman–Crippen LogP) is 0.533. The van der Waals surface area contributed by atoms with E-state index in [0.717, 1.165) is 12.0 Å². The van der Waals surface area contributed by atoms with Crippen molar-refractivity contribution in [1.82, 2.24) is 0 Å². The van der Waals surface area contributed by atoms with Crippen LogP contribution >= 0.6 is 0 Å². The third-order valence-electron chi connectivity index (χ3n) is 1.66. The van der Waals surface area contributed by atoms with Crippen LogP contribution in [0, 0.1) is 0 Å². The second-order valence-corrected chi connectivity index (χ2v) is 2.38. The van der Waals surface area contributed by atoms with Gasteiger partial charge in [0.05, 0.1) is 5.71 Å². The van der Waals surface area contributed by atoms with Crippen LogP contribution in [0.25, 0.3) is 0 Å². The van der Waals surface area contributed by atoms with Gasteiger partial charge in [-0.2, -0.15) is 0 Å². The van der Waals surface area contributed by atoms with Gasteiger partial charge in [0, 0.05) is 5.57 Å². The Kier molecular flexibility index (Phi) is 1.28. The summed E-state index contributed by atoms with van der Waals surface area (Å²) in [5.41, 5.74) is 1.51. The largest absolute Gasteiger partial charge is 0.298 e. The van der Waals surface area contributed by atoms with E-state index < -0.39 is 0 Å². The molecule has 0 saturated heterocycles. The van der Waals surface area contributed by atoms with E-state index in [1.165, 1.54) is 6.34 Å². The fourth-order valence-electron chi connectivity index (χ4n) is 1.09. The third-order valence-corrected chi connectivity index (χ3v) is 1.66. The Balaban J connectivity index is 2.36. The number of hydrogen-bond acceptors (Lipinski definition) is 3. The van der Waals surface area contributed by atoms with Gasteiger partial charge in [0.25, 0.3) is 0 Å². The van der Waals surface area contributed by atoms with Gasteiger partial charge in [-0.05, 0) is 6.08 Å². The minimum Gasteiger partial charge on any atom is -0.298 e. The van der Waals surface area contributed by atoms with Crippen molar-refractivity contribution in [3.05, 3.63) is 23.8 Å². The molecule has 1 aliphatic heterocycles. The van der Waals surface area contributed by atoms with Crippen LogP contribution in [0.2, 0.25) is 0 Å². The summed E-state index contributed by atoms with van der Waals surface area (Å²) in [6, 6.07) is 0.0544. The molecule has 0 aromatic heterocycles. The first-order valence-electron chi connectivity index (χ1n) is 3.34. The zero-order valence-corrected chi connectivity index (χ0v) is 5.77. The molecule has 1 heterocycles. The first kappa shape index (κ1) is 6.22. The number of rotatable bonds is 1. The Morgan fingerprint density at radius 1 is 1.55 bits per heavy atom. The zero-order chi connectivity index (χ0) is 7.68. The fraction of sp³-hybridized carbons (Fsp3) is 0.125. The van der Waals surface area contributed by atoms with E-state index in [1.807, 2.05) is 6.08 Å². The number of aldehydes is 1. The van der Waals surface area contributed by atoms with E-state index >= 15 is 0 Å². The fourth-order valence-corrected chi connectivity index (χ4v) is 1.09. The molecule has 0 spiro atoms. The first-order chi connectivity index (χ1) is 5.40. The second kappa shape index (κ2) is 2.27. The highest BCUT2D eigenvalue weighted by Gasteiger charge is 2.16. The Morgan fingerprint density at radius 2 is 2.45 bits per heavy atom. The molecule has 0 aromatic rings. The predicted molar refractivity (Wildman–Crippen MR) is 43.0 cm³/mol. The molecule has 0 bridgehead atoms. The van der Waals surface area contributed by atoms with Crippen molar-refractivity contribution in [3.63, 3.8) is 0 Å². The highest BCUT2D eigenvalue weighted by Crippen LogP contribution is 2.12. The van der Waals surface area contributed by atoms with Crippen LogP contribution < -0.4 is 0 Å². The molecule has 1 aliphatic carbocycles. The number of fused-ring (bicyclic) bond motifs is 1. The summed E-state index contributed by atoms with van der Waals surface area (Å²) < 4.78 is 0. The molecule has 1 atom stereocenters. The molecule has 2 aliphatic rings. The lowest BCUT2D eigenvalue weighted by Gasteiger charge is -2.06.